The SMILES string of the molecule is C[C@@H](C(=O)Nc1cccc2ncccc12)N1CCN(c2cc(C#N)ccn2)CC1. The van der Waals surface area contributed by atoms with E-state index in [0.717, 1.165) is 48.6 Å². The second-order valence-corrected chi connectivity index (χ2v) is 7.08. The van der Waals surface area contributed by atoms with E-state index in [9.17, 15) is 4.79 Å². The van der Waals surface area contributed by atoms with Crippen molar-refractivity contribution in [3.8, 4) is 6.07 Å². The number of nitrogens with one attached hydrogen (secondary N) is 1. The van der Waals surface area contributed by atoms with Crippen LogP contribution in [0.2, 0.25) is 0 Å². The molecule has 1 aliphatic heterocycles. The number of amides is 1. The van der Waals surface area contributed by atoms with Gasteiger partial charge in [0, 0.05) is 44.0 Å². The van der Waals surface area contributed by atoms with Crippen LogP contribution in [0.4, 0.5) is 11.5 Å². The summed E-state index contributed by atoms with van der Waals surface area (Å²) in [6.07, 6.45) is 3.41. The van der Waals surface area contributed by atoms with E-state index < -0.39 is 0 Å². The fourth-order valence-electron chi connectivity index (χ4n) is 3.61. The Labute approximate surface area is 169 Å². The lowest BCUT2D eigenvalue weighted by atomic mass is 10.1. The molecule has 0 bridgehead atoms. The zero-order valence-electron chi connectivity index (χ0n) is 16.2. The Morgan fingerprint density at radius 2 is 1.93 bits per heavy atom. The first-order valence-corrected chi connectivity index (χ1v) is 9.65. The van der Waals surface area contributed by atoms with E-state index in [1.807, 2.05) is 37.3 Å². The summed E-state index contributed by atoms with van der Waals surface area (Å²) in [6, 6.07) is 15.0. The summed E-state index contributed by atoms with van der Waals surface area (Å²) in [5.74, 6) is 0.781. The van der Waals surface area contributed by atoms with Gasteiger partial charge < -0.3 is 10.2 Å². The molecule has 3 aromatic rings. The molecule has 7 heteroatoms. The molecule has 1 aliphatic rings. The van der Waals surface area contributed by atoms with Crippen molar-refractivity contribution in [3.63, 3.8) is 0 Å². The molecule has 146 valence electrons. The second-order valence-electron chi connectivity index (χ2n) is 7.08. The standard InChI is InChI=1S/C22H22N6O/c1-16(22(29)26-20-6-2-5-19-18(20)4-3-8-24-19)27-10-12-28(13-11-27)21-14-17(15-23)7-9-25-21/h2-9,14,16H,10-13H2,1H3,(H,26,29)/t16-/m0/s1. The van der Waals surface area contributed by atoms with E-state index in [-0.39, 0.29) is 11.9 Å². The highest BCUT2D eigenvalue weighted by Gasteiger charge is 2.26. The molecule has 1 amide bonds. The zero-order valence-corrected chi connectivity index (χ0v) is 16.2. The highest BCUT2D eigenvalue weighted by Crippen LogP contribution is 2.22. The van der Waals surface area contributed by atoms with Gasteiger partial charge in [0.05, 0.1) is 28.9 Å². The number of rotatable bonds is 4. The zero-order chi connectivity index (χ0) is 20.2. The van der Waals surface area contributed by atoms with Gasteiger partial charge in [-0.1, -0.05) is 6.07 Å². The Bertz CT molecular complexity index is 1060. The van der Waals surface area contributed by atoms with Gasteiger partial charge >= 0.3 is 0 Å². The Morgan fingerprint density at radius 1 is 1.10 bits per heavy atom. The van der Waals surface area contributed by atoms with E-state index >= 15 is 0 Å². The molecule has 1 atom stereocenters. The van der Waals surface area contributed by atoms with Crippen molar-refractivity contribution < 1.29 is 4.79 Å². The third-order valence-corrected chi connectivity index (χ3v) is 5.34. The molecule has 0 unspecified atom stereocenters. The van der Waals surface area contributed by atoms with Gasteiger partial charge in [0.2, 0.25) is 5.91 Å². The van der Waals surface area contributed by atoms with Gasteiger partial charge in [0.25, 0.3) is 0 Å². The summed E-state index contributed by atoms with van der Waals surface area (Å²) in [5.41, 5.74) is 2.25. The maximum Gasteiger partial charge on any atom is 0.241 e. The van der Waals surface area contributed by atoms with Crippen LogP contribution in [0.3, 0.4) is 0 Å². The maximum atomic E-state index is 12.9. The summed E-state index contributed by atoms with van der Waals surface area (Å²) < 4.78 is 0. The van der Waals surface area contributed by atoms with E-state index in [2.05, 4.69) is 31.2 Å². The fraction of sp³-hybridized carbons (Fsp3) is 0.273. The monoisotopic (exact) mass is 386 g/mol. The second kappa shape index (κ2) is 8.25. The first-order valence-electron chi connectivity index (χ1n) is 9.65. The van der Waals surface area contributed by atoms with Crippen LogP contribution >= 0.6 is 0 Å². The lowest BCUT2D eigenvalue weighted by Gasteiger charge is -2.38. The Morgan fingerprint density at radius 3 is 2.72 bits per heavy atom. The Balaban J connectivity index is 1.39. The van der Waals surface area contributed by atoms with Gasteiger partial charge in [0.15, 0.2) is 0 Å². The predicted molar refractivity (Wildman–Crippen MR) is 113 cm³/mol. The van der Waals surface area contributed by atoms with E-state index in [0.29, 0.717) is 5.56 Å². The maximum absolute atomic E-state index is 12.9. The lowest BCUT2D eigenvalue weighted by Crippen LogP contribution is -2.53. The molecule has 29 heavy (non-hydrogen) atoms. The first kappa shape index (κ1) is 18.8. The van der Waals surface area contributed by atoms with Crippen molar-refractivity contribution in [3.05, 3.63) is 60.4 Å². The fourth-order valence-corrected chi connectivity index (χ4v) is 3.61. The number of aromatic nitrogens is 2. The number of nitriles is 1. The van der Waals surface area contributed by atoms with Crippen LogP contribution in [0, 0.1) is 11.3 Å². The average Bonchev–Trinajstić information content (AvgIpc) is 2.79. The van der Waals surface area contributed by atoms with E-state index in [4.69, 9.17) is 5.26 Å². The number of carbonyl (C=O) groups is 1. The van der Waals surface area contributed by atoms with Crippen molar-refractivity contribution in [2.75, 3.05) is 36.4 Å². The molecule has 0 saturated carbocycles. The molecule has 1 fully saturated rings. The Hall–Kier alpha value is -3.50. The van der Waals surface area contributed by atoms with Crippen molar-refractivity contribution in [2.45, 2.75) is 13.0 Å². The van der Waals surface area contributed by atoms with Gasteiger partial charge in [-0.3, -0.25) is 14.7 Å². The van der Waals surface area contributed by atoms with Crippen LogP contribution in [-0.4, -0.2) is 53.0 Å². The quantitative estimate of drug-likeness (QED) is 0.742. The minimum absolute atomic E-state index is 0.0283. The number of fused-ring (bicyclic) bond motifs is 1. The molecule has 1 N–H and O–H groups in total. The highest BCUT2D eigenvalue weighted by atomic mass is 16.2. The molecule has 0 spiro atoms. The number of nitrogens with zero attached hydrogens (tertiary/aromatic N) is 5. The lowest BCUT2D eigenvalue weighted by molar-refractivity contribution is -0.120. The molecule has 1 saturated heterocycles. The Kier molecular flexibility index (Phi) is 5.36. The largest absolute Gasteiger partial charge is 0.354 e. The number of benzene rings is 1. The molecule has 1 aromatic carbocycles. The van der Waals surface area contributed by atoms with Crippen molar-refractivity contribution in [1.29, 1.82) is 5.26 Å². The summed E-state index contributed by atoms with van der Waals surface area (Å²) in [6.45, 7) is 4.96. The molecule has 3 heterocycles. The van der Waals surface area contributed by atoms with Gasteiger partial charge in [-0.15, -0.1) is 0 Å². The summed E-state index contributed by atoms with van der Waals surface area (Å²) in [7, 11) is 0. The van der Waals surface area contributed by atoms with Crippen molar-refractivity contribution in [1.82, 2.24) is 14.9 Å². The third kappa shape index (κ3) is 4.03. The van der Waals surface area contributed by atoms with Crippen LogP contribution in [-0.2, 0) is 4.79 Å². The van der Waals surface area contributed by atoms with Gasteiger partial charge in [-0.2, -0.15) is 5.26 Å². The van der Waals surface area contributed by atoms with Crippen LogP contribution in [0.15, 0.2) is 54.9 Å². The molecular formula is C22H22N6O. The van der Waals surface area contributed by atoms with Crippen molar-refractivity contribution >= 4 is 28.3 Å². The molecule has 2 aromatic heterocycles. The van der Waals surface area contributed by atoms with Crippen LogP contribution < -0.4 is 10.2 Å². The predicted octanol–water partition coefficient (Wildman–Crippen LogP) is 2.65. The summed E-state index contributed by atoms with van der Waals surface area (Å²) in [5, 5.41) is 13.1. The number of pyridine rings is 2. The number of carbonyl (C=O) groups excluding carboxylic acids is 1. The van der Waals surface area contributed by atoms with Gasteiger partial charge in [-0.05, 0) is 43.3 Å². The number of hydrogen-bond acceptors (Lipinski definition) is 6. The smallest absolute Gasteiger partial charge is 0.241 e. The number of piperazine rings is 1. The molecule has 0 radical (unpaired) electrons. The normalized spacial score (nSPS) is 15.7. The highest BCUT2D eigenvalue weighted by molar-refractivity contribution is 6.02. The summed E-state index contributed by atoms with van der Waals surface area (Å²) in [4.78, 5) is 25.9. The third-order valence-electron chi connectivity index (χ3n) is 5.34. The topological polar surface area (TPSA) is 85.2 Å². The van der Waals surface area contributed by atoms with E-state index in [1.54, 1.807) is 24.5 Å². The molecule has 4 rings (SSSR count). The minimum Gasteiger partial charge on any atom is -0.354 e. The number of anilines is 2. The van der Waals surface area contributed by atoms with Gasteiger partial charge in [-0.25, -0.2) is 4.98 Å². The first-order chi connectivity index (χ1) is 14.2. The van der Waals surface area contributed by atoms with Gasteiger partial charge in [0.1, 0.15) is 5.82 Å². The molecule has 7 nitrogen and oxygen atoms in total. The van der Waals surface area contributed by atoms with E-state index in [1.165, 1.54) is 0 Å². The number of hydrogen-bond donors (Lipinski definition) is 1. The van der Waals surface area contributed by atoms with Crippen LogP contribution in [0.1, 0.15) is 12.5 Å². The minimum atomic E-state index is -0.248. The van der Waals surface area contributed by atoms with Crippen LogP contribution in [0.25, 0.3) is 10.9 Å². The average molecular weight is 386 g/mol. The summed E-state index contributed by atoms with van der Waals surface area (Å²) >= 11 is 0. The van der Waals surface area contributed by atoms with Crippen LogP contribution in [0.5, 0.6) is 0 Å². The van der Waals surface area contributed by atoms with Crippen molar-refractivity contribution in [2.24, 2.45) is 0 Å². The molecule has 0 aliphatic carbocycles. The molecular weight excluding hydrogens is 364 g/mol.